The van der Waals surface area contributed by atoms with Gasteiger partial charge in [-0.2, -0.15) is 0 Å². The molecular weight excluding hydrogens is 467 g/mol. The van der Waals surface area contributed by atoms with E-state index in [0.29, 0.717) is 13.0 Å². The van der Waals surface area contributed by atoms with Gasteiger partial charge in [0.25, 0.3) is 11.8 Å². The number of halogens is 3. The highest BCUT2D eigenvalue weighted by Crippen LogP contribution is 2.24. The molecule has 8 nitrogen and oxygen atoms in total. The van der Waals surface area contributed by atoms with Crippen molar-refractivity contribution in [1.29, 1.82) is 0 Å². The Bertz CT molecular complexity index is 1160. The van der Waals surface area contributed by atoms with Gasteiger partial charge < -0.3 is 24.5 Å². The maximum absolute atomic E-state index is 12.3. The van der Waals surface area contributed by atoms with Crippen molar-refractivity contribution in [2.24, 2.45) is 0 Å². The summed E-state index contributed by atoms with van der Waals surface area (Å²) in [6.07, 6.45) is -2.91. The van der Waals surface area contributed by atoms with Gasteiger partial charge in [-0.1, -0.05) is 18.2 Å². The number of ether oxygens (including phenoxy) is 2. The lowest BCUT2D eigenvalue weighted by Crippen LogP contribution is -2.29. The Hall–Kier alpha value is -4.02. The Morgan fingerprint density at radius 1 is 1.00 bits per heavy atom. The average Bonchev–Trinajstić information content (AvgIpc) is 3.28. The maximum Gasteiger partial charge on any atom is 0.573 e. The molecule has 3 aromatic rings. The molecule has 0 radical (unpaired) electrons. The van der Waals surface area contributed by atoms with Crippen molar-refractivity contribution < 1.29 is 36.7 Å². The SMILES string of the molecule is Cc1ccc(CCNC(=O)c2coc(CNC(=O)COc3ccc(OC(F)(F)F)cc3)n2)cc1C. The first-order chi connectivity index (χ1) is 16.6. The van der Waals surface area contributed by atoms with Gasteiger partial charge >= 0.3 is 6.36 Å². The van der Waals surface area contributed by atoms with Crippen molar-refractivity contribution in [3.63, 3.8) is 0 Å². The Morgan fingerprint density at radius 3 is 2.40 bits per heavy atom. The number of benzene rings is 2. The van der Waals surface area contributed by atoms with Crippen LogP contribution in [0.4, 0.5) is 13.2 Å². The third kappa shape index (κ3) is 8.36. The van der Waals surface area contributed by atoms with Crippen LogP contribution in [-0.4, -0.2) is 36.3 Å². The first-order valence-electron chi connectivity index (χ1n) is 10.6. The van der Waals surface area contributed by atoms with Crippen LogP contribution >= 0.6 is 0 Å². The standard InChI is InChI=1S/C24H24F3N3O5/c1-15-3-4-17(11-16(15)2)9-10-28-23(32)20-13-34-22(30-20)12-29-21(31)14-33-18-5-7-19(8-6-18)35-24(25,26)27/h3-8,11,13H,9-10,12,14H2,1-2H3,(H,28,32)(H,29,31). The van der Waals surface area contributed by atoms with E-state index in [2.05, 4.69) is 26.4 Å². The summed E-state index contributed by atoms with van der Waals surface area (Å²) in [6, 6.07) is 10.8. The van der Waals surface area contributed by atoms with E-state index in [9.17, 15) is 22.8 Å². The van der Waals surface area contributed by atoms with E-state index in [-0.39, 0.29) is 30.5 Å². The van der Waals surface area contributed by atoms with Gasteiger partial charge in [-0.25, -0.2) is 4.98 Å². The van der Waals surface area contributed by atoms with Gasteiger partial charge in [0, 0.05) is 6.54 Å². The molecule has 1 aromatic heterocycles. The minimum Gasteiger partial charge on any atom is -0.484 e. The molecule has 0 spiro atoms. The lowest BCUT2D eigenvalue weighted by molar-refractivity contribution is -0.274. The minimum atomic E-state index is -4.79. The number of nitrogens with zero attached hydrogens (tertiary/aromatic N) is 1. The first-order valence-corrected chi connectivity index (χ1v) is 10.6. The van der Waals surface area contributed by atoms with Crippen LogP contribution in [0.3, 0.4) is 0 Å². The summed E-state index contributed by atoms with van der Waals surface area (Å²) < 4.78 is 50.7. The van der Waals surface area contributed by atoms with Crippen molar-refractivity contribution in [3.8, 4) is 11.5 Å². The number of hydrogen-bond donors (Lipinski definition) is 2. The van der Waals surface area contributed by atoms with E-state index >= 15 is 0 Å². The van der Waals surface area contributed by atoms with Crippen molar-refractivity contribution in [1.82, 2.24) is 15.6 Å². The van der Waals surface area contributed by atoms with E-state index in [4.69, 9.17) is 9.15 Å². The summed E-state index contributed by atoms with van der Waals surface area (Å²) in [5.41, 5.74) is 3.60. The number of carbonyl (C=O) groups is 2. The number of oxazole rings is 1. The summed E-state index contributed by atoms with van der Waals surface area (Å²) in [7, 11) is 0. The molecule has 2 amide bonds. The summed E-state index contributed by atoms with van der Waals surface area (Å²) in [5.74, 6) is -0.991. The summed E-state index contributed by atoms with van der Waals surface area (Å²) in [4.78, 5) is 28.3. The molecule has 11 heteroatoms. The predicted octanol–water partition coefficient (Wildman–Crippen LogP) is 3.86. The van der Waals surface area contributed by atoms with Crippen molar-refractivity contribution in [2.75, 3.05) is 13.2 Å². The van der Waals surface area contributed by atoms with Crippen LogP contribution in [0, 0.1) is 13.8 Å². The van der Waals surface area contributed by atoms with E-state index in [1.54, 1.807) is 0 Å². The number of alkyl halides is 3. The molecule has 0 saturated heterocycles. The molecule has 35 heavy (non-hydrogen) atoms. The highest BCUT2D eigenvalue weighted by Gasteiger charge is 2.31. The van der Waals surface area contributed by atoms with Crippen LogP contribution < -0.4 is 20.1 Å². The third-order valence-corrected chi connectivity index (χ3v) is 4.92. The average molecular weight is 491 g/mol. The van der Waals surface area contributed by atoms with Crippen molar-refractivity contribution in [3.05, 3.63) is 77.0 Å². The third-order valence-electron chi connectivity index (χ3n) is 4.92. The maximum atomic E-state index is 12.3. The fourth-order valence-corrected chi connectivity index (χ4v) is 2.98. The molecule has 0 aliphatic rings. The lowest BCUT2D eigenvalue weighted by Gasteiger charge is -2.10. The second-order valence-corrected chi connectivity index (χ2v) is 7.64. The smallest absolute Gasteiger partial charge is 0.484 e. The van der Waals surface area contributed by atoms with Crippen LogP contribution in [0.25, 0.3) is 0 Å². The number of nitrogens with one attached hydrogen (secondary N) is 2. The van der Waals surface area contributed by atoms with Gasteiger partial charge in [0.1, 0.15) is 17.8 Å². The monoisotopic (exact) mass is 491 g/mol. The predicted molar refractivity (Wildman–Crippen MR) is 119 cm³/mol. The zero-order chi connectivity index (χ0) is 25.4. The molecular formula is C24H24F3N3O5. The summed E-state index contributed by atoms with van der Waals surface area (Å²) in [6.45, 7) is 4.05. The Balaban J connectivity index is 1.38. The van der Waals surface area contributed by atoms with E-state index in [0.717, 1.165) is 17.7 Å². The second kappa shape index (κ2) is 11.4. The fraction of sp³-hybridized carbons (Fsp3) is 0.292. The minimum absolute atomic E-state index is 0.0729. The van der Waals surface area contributed by atoms with Gasteiger partial charge in [0.15, 0.2) is 12.3 Å². The van der Waals surface area contributed by atoms with Gasteiger partial charge in [0.2, 0.25) is 5.89 Å². The van der Waals surface area contributed by atoms with E-state index in [1.165, 1.54) is 29.5 Å². The number of hydrogen-bond acceptors (Lipinski definition) is 6. The van der Waals surface area contributed by atoms with Crippen LogP contribution in [-0.2, 0) is 17.8 Å². The molecule has 0 aliphatic carbocycles. The summed E-state index contributed by atoms with van der Waals surface area (Å²) in [5, 5.41) is 5.29. The van der Waals surface area contributed by atoms with E-state index in [1.807, 2.05) is 26.0 Å². The zero-order valence-corrected chi connectivity index (χ0v) is 19.1. The van der Waals surface area contributed by atoms with Crippen LogP contribution in [0.5, 0.6) is 11.5 Å². The molecule has 1 heterocycles. The van der Waals surface area contributed by atoms with Crippen LogP contribution in [0.15, 0.2) is 53.1 Å². The molecule has 186 valence electrons. The molecule has 0 saturated carbocycles. The quantitative estimate of drug-likeness (QED) is 0.447. The Kier molecular flexibility index (Phi) is 8.34. The van der Waals surface area contributed by atoms with Gasteiger partial charge in [-0.3, -0.25) is 9.59 Å². The number of rotatable bonds is 10. The normalized spacial score (nSPS) is 11.1. The van der Waals surface area contributed by atoms with Crippen molar-refractivity contribution in [2.45, 2.75) is 33.2 Å². The van der Waals surface area contributed by atoms with Gasteiger partial charge in [-0.05, 0) is 61.2 Å². The largest absolute Gasteiger partial charge is 0.573 e. The lowest BCUT2D eigenvalue weighted by atomic mass is 10.0. The molecule has 0 fully saturated rings. The summed E-state index contributed by atoms with van der Waals surface area (Å²) >= 11 is 0. The van der Waals surface area contributed by atoms with Gasteiger partial charge in [0.05, 0.1) is 6.54 Å². The van der Waals surface area contributed by atoms with Crippen molar-refractivity contribution >= 4 is 11.8 Å². The molecule has 3 rings (SSSR count). The Morgan fingerprint density at radius 2 is 1.71 bits per heavy atom. The number of amides is 2. The van der Waals surface area contributed by atoms with E-state index < -0.39 is 23.9 Å². The number of aryl methyl sites for hydroxylation is 2. The highest BCUT2D eigenvalue weighted by molar-refractivity contribution is 5.91. The number of carbonyl (C=O) groups excluding carboxylic acids is 2. The second-order valence-electron chi connectivity index (χ2n) is 7.64. The van der Waals surface area contributed by atoms with Gasteiger partial charge in [-0.15, -0.1) is 13.2 Å². The highest BCUT2D eigenvalue weighted by atomic mass is 19.4. The molecule has 0 bridgehead atoms. The Labute approximate surface area is 199 Å². The van der Waals surface area contributed by atoms with Crippen LogP contribution in [0.2, 0.25) is 0 Å². The molecule has 0 unspecified atom stereocenters. The molecule has 2 aromatic carbocycles. The fourth-order valence-electron chi connectivity index (χ4n) is 2.98. The molecule has 0 aliphatic heterocycles. The number of aromatic nitrogens is 1. The molecule has 0 atom stereocenters. The topological polar surface area (TPSA) is 103 Å². The van der Waals surface area contributed by atoms with Crippen LogP contribution in [0.1, 0.15) is 33.1 Å². The first kappa shape index (κ1) is 25.6. The molecule has 2 N–H and O–H groups in total. The zero-order valence-electron chi connectivity index (χ0n) is 19.1.